The third kappa shape index (κ3) is 1.58. The van der Waals surface area contributed by atoms with Crippen LogP contribution in [0.5, 0.6) is 0 Å². The molecular formula is C13H15NO2. The van der Waals surface area contributed by atoms with Crippen molar-refractivity contribution in [3.8, 4) is 0 Å². The normalized spacial score (nSPS) is 10.9. The number of rotatable bonds is 2. The molecule has 3 nitrogen and oxygen atoms in total. The number of nitrogens with zero attached hydrogens (tertiary/aromatic N) is 1. The van der Waals surface area contributed by atoms with Crippen LogP contribution in [0.1, 0.15) is 16.8 Å². The van der Waals surface area contributed by atoms with E-state index in [1.807, 2.05) is 31.4 Å². The van der Waals surface area contributed by atoms with Crippen LogP contribution < -0.4 is 0 Å². The van der Waals surface area contributed by atoms with Gasteiger partial charge in [0.05, 0.1) is 5.52 Å². The average molecular weight is 217 g/mol. The van der Waals surface area contributed by atoms with Gasteiger partial charge in [0.25, 0.3) is 0 Å². The van der Waals surface area contributed by atoms with E-state index in [2.05, 4.69) is 12.1 Å². The number of carbonyl (C=O) groups is 1. The molecule has 16 heavy (non-hydrogen) atoms. The van der Waals surface area contributed by atoms with Crippen molar-refractivity contribution in [2.45, 2.75) is 27.3 Å². The van der Waals surface area contributed by atoms with Gasteiger partial charge < -0.3 is 9.67 Å². The summed E-state index contributed by atoms with van der Waals surface area (Å²) in [5.74, 6) is -0.804. The fraction of sp³-hybridized carbons (Fsp3) is 0.308. The minimum absolute atomic E-state index is 0.0274. The van der Waals surface area contributed by atoms with Gasteiger partial charge in [-0.2, -0.15) is 0 Å². The van der Waals surface area contributed by atoms with Crippen molar-refractivity contribution < 1.29 is 9.90 Å². The highest BCUT2D eigenvalue weighted by atomic mass is 16.4. The summed E-state index contributed by atoms with van der Waals surface area (Å²) in [5.41, 5.74) is 4.34. The molecule has 0 fully saturated rings. The Morgan fingerprint density at radius 2 is 1.88 bits per heavy atom. The highest BCUT2D eigenvalue weighted by Crippen LogP contribution is 2.25. The van der Waals surface area contributed by atoms with Gasteiger partial charge in [0.1, 0.15) is 6.54 Å². The van der Waals surface area contributed by atoms with Crippen molar-refractivity contribution in [2.75, 3.05) is 0 Å². The minimum Gasteiger partial charge on any atom is -0.480 e. The summed E-state index contributed by atoms with van der Waals surface area (Å²) < 4.78 is 1.86. The number of benzene rings is 1. The minimum atomic E-state index is -0.804. The van der Waals surface area contributed by atoms with Crippen molar-refractivity contribution in [3.05, 3.63) is 35.0 Å². The molecule has 2 rings (SSSR count). The maximum atomic E-state index is 10.8. The van der Waals surface area contributed by atoms with Gasteiger partial charge in [-0.05, 0) is 38.0 Å². The van der Waals surface area contributed by atoms with E-state index in [4.69, 9.17) is 5.11 Å². The van der Waals surface area contributed by atoms with Gasteiger partial charge >= 0.3 is 5.97 Å². The van der Waals surface area contributed by atoms with Crippen LogP contribution in [0.3, 0.4) is 0 Å². The van der Waals surface area contributed by atoms with E-state index in [0.29, 0.717) is 0 Å². The molecule has 0 radical (unpaired) electrons. The summed E-state index contributed by atoms with van der Waals surface area (Å²) in [4.78, 5) is 10.8. The molecule has 0 spiro atoms. The van der Waals surface area contributed by atoms with Crippen molar-refractivity contribution in [2.24, 2.45) is 0 Å². The van der Waals surface area contributed by atoms with Crippen LogP contribution in [0.4, 0.5) is 0 Å². The number of hydrogen-bond donors (Lipinski definition) is 1. The van der Waals surface area contributed by atoms with E-state index < -0.39 is 5.97 Å². The number of carboxylic acid groups (broad SMARTS) is 1. The van der Waals surface area contributed by atoms with Crippen LogP contribution in [0, 0.1) is 20.8 Å². The van der Waals surface area contributed by atoms with Gasteiger partial charge in [-0.25, -0.2) is 0 Å². The zero-order valence-electron chi connectivity index (χ0n) is 9.74. The lowest BCUT2D eigenvalue weighted by Crippen LogP contribution is -2.10. The standard InChI is InChI=1S/C13H15NO2/c1-8-4-5-9(2)13-11(8)6-10(3)14(13)7-12(15)16/h4-6H,7H2,1-3H3,(H,15,16). The smallest absolute Gasteiger partial charge is 0.323 e. The fourth-order valence-electron chi connectivity index (χ4n) is 2.16. The van der Waals surface area contributed by atoms with Gasteiger partial charge in [-0.1, -0.05) is 12.1 Å². The lowest BCUT2D eigenvalue weighted by atomic mass is 10.1. The third-order valence-electron chi connectivity index (χ3n) is 2.98. The molecule has 84 valence electrons. The third-order valence-corrected chi connectivity index (χ3v) is 2.98. The second-order valence-electron chi connectivity index (χ2n) is 4.23. The van der Waals surface area contributed by atoms with Gasteiger partial charge in [0, 0.05) is 11.1 Å². The largest absolute Gasteiger partial charge is 0.480 e. The Kier molecular flexibility index (Phi) is 2.46. The van der Waals surface area contributed by atoms with E-state index in [-0.39, 0.29) is 6.54 Å². The molecule has 1 heterocycles. The Balaban J connectivity index is 2.77. The molecule has 1 aromatic heterocycles. The maximum Gasteiger partial charge on any atom is 0.323 e. The molecule has 3 heteroatoms. The molecule has 0 saturated heterocycles. The van der Waals surface area contributed by atoms with Gasteiger partial charge in [-0.3, -0.25) is 4.79 Å². The summed E-state index contributed by atoms with van der Waals surface area (Å²) in [6.45, 7) is 6.04. The zero-order valence-corrected chi connectivity index (χ0v) is 9.74. The lowest BCUT2D eigenvalue weighted by molar-refractivity contribution is -0.137. The van der Waals surface area contributed by atoms with E-state index in [0.717, 1.165) is 22.2 Å². The summed E-state index contributed by atoms with van der Waals surface area (Å²) >= 11 is 0. The number of aliphatic carboxylic acids is 1. The second kappa shape index (κ2) is 3.67. The number of aromatic nitrogens is 1. The Bertz CT molecular complexity index is 567. The molecular weight excluding hydrogens is 202 g/mol. The molecule has 0 aliphatic rings. The van der Waals surface area contributed by atoms with E-state index >= 15 is 0 Å². The summed E-state index contributed by atoms with van der Waals surface area (Å²) in [6.07, 6.45) is 0. The molecule has 0 atom stereocenters. The fourth-order valence-corrected chi connectivity index (χ4v) is 2.16. The van der Waals surface area contributed by atoms with Crippen molar-refractivity contribution in [3.63, 3.8) is 0 Å². The Labute approximate surface area is 94.3 Å². The van der Waals surface area contributed by atoms with Crippen LogP contribution in [0.25, 0.3) is 10.9 Å². The SMILES string of the molecule is Cc1ccc(C)c2c1cc(C)n2CC(=O)O. The topological polar surface area (TPSA) is 42.2 Å². The second-order valence-corrected chi connectivity index (χ2v) is 4.23. The van der Waals surface area contributed by atoms with E-state index in [9.17, 15) is 4.79 Å². The predicted octanol–water partition coefficient (Wildman–Crippen LogP) is 2.65. The van der Waals surface area contributed by atoms with Crippen LogP contribution in [0.15, 0.2) is 18.2 Å². The molecule has 0 aliphatic heterocycles. The highest BCUT2D eigenvalue weighted by molar-refractivity contribution is 5.88. The van der Waals surface area contributed by atoms with Crippen LogP contribution in [-0.2, 0) is 11.3 Å². The first-order chi connectivity index (χ1) is 7.50. The van der Waals surface area contributed by atoms with E-state index in [1.165, 1.54) is 5.56 Å². The van der Waals surface area contributed by atoms with E-state index in [1.54, 1.807) is 0 Å². The number of carboxylic acids is 1. The predicted molar refractivity (Wildman–Crippen MR) is 63.8 cm³/mol. The van der Waals surface area contributed by atoms with Crippen molar-refractivity contribution in [1.82, 2.24) is 4.57 Å². The highest BCUT2D eigenvalue weighted by Gasteiger charge is 2.11. The Morgan fingerprint density at radius 1 is 1.25 bits per heavy atom. The molecule has 0 amide bonds. The molecule has 1 N–H and O–H groups in total. The average Bonchev–Trinajstić information content (AvgIpc) is 2.51. The zero-order chi connectivity index (χ0) is 11.9. The monoisotopic (exact) mass is 217 g/mol. The summed E-state index contributed by atoms with van der Waals surface area (Å²) in [6, 6.07) is 6.16. The van der Waals surface area contributed by atoms with Crippen molar-refractivity contribution >= 4 is 16.9 Å². The summed E-state index contributed by atoms with van der Waals surface area (Å²) in [5, 5.41) is 10.1. The molecule has 0 unspecified atom stereocenters. The van der Waals surface area contributed by atoms with Crippen LogP contribution in [-0.4, -0.2) is 15.6 Å². The Hall–Kier alpha value is -1.77. The first kappa shape index (κ1) is 10.7. The first-order valence-corrected chi connectivity index (χ1v) is 5.28. The molecule has 0 aliphatic carbocycles. The van der Waals surface area contributed by atoms with Gasteiger partial charge in [0.15, 0.2) is 0 Å². The molecule has 0 saturated carbocycles. The lowest BCUT2D eigenvalue weighted by Gasteiger charge is -2.07. The number of fused-ring (bicyclic) bond motifs is 1. The quantitative estimate of drug-likeness (QED) is 0.840. The number of hydrogen-bond acceptors (Lipinski definition) is 1. The summed E-state index contributed by atoms with van der Waals surface area (Å²) in [7, 11) is 0. The molecule has 0 bridgehead atoms. The van der Waals surface area contributed by atoms with Crippen LogP contribution in [0.2, 0.25) is 0 Å². The Morgan fingerprint density at radius 3 is 2.50 bits per heavy atom. The van der Waals surface area contributed by atoms with Gasteiger partial charge in [0.2, 0.25) is 0 Å². The van der Waals surface area contributed by atoms with Crippen molar-refractivity contribution in [1.29, 1.82) is 0 Å². The van der Waals surface area contributed by atoms with Gasteiger partial charge in [-0.15, -0.1) is 0 Å². The molecule has 1 aromatic carbocycles. The first-order valence-electron chi connectivity index (χ1n) is 5.28. The molecule has 2 aromatic rings. The maximum absolute atomic E-state index is 10.8. The number of aryl methyl sites for hydroxylation is 3. The van der Waals surface area contributed by atoms with Crippen LogP contribution >= 0.6 is 0 Å².